The predicted octanol–water partition coefficient (Wildman–Crippen LogP) is 3.23. The van der Waals surface area contributed by atoms with E-state index < -0.39 is 0 Å². The molecular weight excluding hydrogens is 193 g/mol. The number of anilines is 1. The third kappa shape index (κ3) is 2.01. The van der Waals surface area contributed by atoms with E-state index in [1.54, 1.807) is 6.07 Å². The van der Waals surface area contributed by atoms with Crippen LogP contribution in [-0.4, -0.2) is 0 Å². The number of furan rings is 1. The van der Waals surface area contributed by atoms with Crippen molar-refractivity contribution in [1.82, 2.24) is 0 Å². The molecule has 1 heterocycles. The molecule has 0 atom stereocenters. The van der Waals surface area contributed by atoms with E-state index in [0.717, 1.165) is 12.2 Å². The van der Waals surface area contributed by atoms with Crippen LogP contribution in [0, 0.1) is 5.82 Å². The van der Waals surface area contributed by atoms with Crippen LogP contribution in [0.2, 0.25) is 0 Å². The van der Waals surface area contributed by atoms with Gasteiger partial charge in [-0.25, -0.2) is 4.39 Å². The van der Waals surface area contributed by atoms with E-state index in [-0.39, 0.29) is 5.82 Å². The lowest BCUT2D eigenvalue weighted by Crippen LogP contribution is -1.87. The van der Waals surface area contributed by atoms with Gasteiger partial charge in [-0.05, 0) is 30.3 Å². The van der Waals surface area contributed by atoms with Gasteiger partial charge in [-0.1, -0.05) is 6.92 Å². The van der Waals surface area contributed by atoms with E-state index >= 15 is 0 Å². The lowest BCUT2D eigenvalue weighted by atomic mass is 10.1. The highest BCUT2D eigenvalue weighted by molar-refractivity contribution is 5.63. The van der Waals surface area contributed by atoms with Crippen LogP contribution in [-0.2, 0) is 6.42 Å². The highest BCUT2D eigenvalue weighted by atomic mass is 19.1. The van der Waals surface area contributed by atoms with E-state index in [0.29, 0.717) is 17.0 Å². The van der Waals surface area contributed by atoms with Crippen LogP contribution >= 0.6 is 0 Å². The van der Waals surface area contributed by atoms with Gasteiger partial charge >= 0.3 is 0 Å². The summed E-state index contributed by atoms with van der Waals surface area (Å²) in [6.45, 7) is 2.00. The molecule has 1 aromatic heterocycles. The number of hydrogen-bond acceptors (Lipinski definition) is 2. The maximum absolute atomic E-state index is 13.1. The summed E-state index contributed by atoms with van der Waals surface area (Å²) in [7, 11) is 0. The average Bonchev–Trinajstić information content (AvgIpc) is 2.64. The molecule has 0 saturated carbocycles. The Morgan fingerprint density at radius 1 is 1.27 bits per heavy atom. The molecule has 1 aromatic carbocycles. The van der Waals surface area contributed by atoms with Crippen molar-refractivity contribution in [2.45, 2.75) is 13.3 Å². The topological polar surface area (TPSA) is 39.2 Å². The standard InChI is InChI=1S/C12H12FNO/c1-2-11-3-4-12(15-11)8-5-9(13)7-10(14)6-8/h3-7H,2,14H2,1H3. The molecule has 3 heteroatoms. The number of hydrogen-bond donors (Lipinski definition) is 1. The largest absolute Gasteiger partial charge is 0.461 e. The number of rotatable bonds is 2. The zero-order valence-electron chi connectivity index (χ0n) is 8.46. The molecule has 2 nitrogen and oxygen atoms in total. The van der Waals surface area contributed by atoms with Gasteiger partial charge in [0.05, 0.1) is 0 Å². The Morgan fingerprint density at radius 2 is 2.07 bits per heavy atom. The van der Waals surface area contributed by atoms with Crippen molar-refractivity contribution in [2.75, 3.05) is 5.73 Å². The number of halogens is 1. The van der Waals surface area contributed by atoms with Crippen LogP contribution in [0.1, 0.15) is 12.7 Å². The third-order valence-electron chi connectivity index (χ3n) is 2.21. The normalized spacial score (nSPS) is 10.5. The van der Waals surface area contributed by atoms with Crippen molar-refractivity contribution in [3.05, 3.63) is 41.9 Å². The van der Waals surface area contributed by atoms with Crippen LogP contribution in [0.5, 0.6) is 0 Å². The smallest absolute Gasteiger partial charge is 0.134 e. The SMILES string of the molecule is CCc1ccc(-c2cc(N)cc(F)c2)o1. The van der Waals surface area contributed by atoms with Crippen molar-refractivity contribution in [2.24, 2.45) is 0 Å². The van der Waals surface area contributed by atoms with Gasteiger partial charge in [0.1, 0.15) is 17.3 Å². The molecule has 15 heavy (non-hydrogen) atoms. The predicted molar refractivity (Wildman–Crippen MR) is 57.9 cm³/mol. The Kier molecular flexibility index (Phi) is 2.46. The van der Waals surface area contributed by atoms with Gasteiger partial charge in [0.2, 0.25) is 0 Å². The quantitative estimate of drug-likeness (QED) is 0.764. The Bertz CT molecular complexity index is 456. The molecule has 0 spiro atoms. The van der Waals surface area contributed by atoms with Gasteiger partial charge in [0.25, 0.3) is 0 Å². The van der Waals surface area contributed by atoms with Crippen molar-refractivity contribution < 1.29 is 8.81 Å². The summed E-state index contributed by atoms with van der Waals surface area (Å²) in [4.78, 5) is 0. The Hall–Kier alpha value is -1.77. The molecule has 2 rings (SSSR count). The summed E-state index contributed by atoms with van der Waals surface area (Å²) in [5, 5.41) is 0. The fraction of sp³-hybridized carbons (Fsp3) is 0.167. The second kappa shape index (κ2) is 3.77. The molecule has 0 radical (unpaired) electrons. The molecule has 0 amide bonds. The molecule has 0 fully saturated rings. The lowest BCUT2D eigenvalue weighted by molar-refractivity contribution is 0.528. The molecule has 78 valence electrons. The summed E-state index contributed by atoms with van der Waals surface area (Å²) in [6, 6.07) is 8.10. The van der Waals surface area contributed by atoms with Crippen LogP contribution < -0.4 is 5.73 Å². The van der Waals surface area contributed by atoms with Gasteiger partial charge in [-0.2, -0.15) is 0 Å². The minimum atomic E-state index is -0.348. The number of nitrogen functional groups attached to an aromatic ring is 1. The summed E-state index contributed by atoms with van der Waals surface area (Å²) < 4.78 is 18.6. The van der Waals surface area contributed by atoms with Gasteiger partial charge in [0, 0.05) is 17.7 Å². The maximum Gasteiger partial charge on any atom is 0.134 e. The Labute approximate surface area is 87.5 Å². The van der Waals surface area contributed by atoms with Gasteiger partial charge < -0.3 is 10.2 Å². The second-order valence-electron chi connectivity index (χ2n) is 3.39. The number of nitrogens with two attached hydrogens (primary N) is 1. The van der Waals surface area contributed by atoms with Crippen LogP contribution in [0.4, 0.5) is 10.1 Å². The van der Waals surface area contributed by atoms with Crippen LogP contribution in [0.3, 0.4) is 0 Å². The molecule has 0 aliphatic heterocycles. The summed E-state index contributed by atoms with van der Waals surface area (Å²) in [5.41, 5.74) is 6.63. The molecule has 0 aliphatic rings. The lowest BCUT2D eigenvalue weighted by Gasteiger charge is -1.99. The van der Waals surface area contributed by atoms with E-state index in [1.807, 2.05) is 19.1 Å². The average molecular weight is 205 g/mol. The first-order valence-electron chi connectivity index (χ1n) is 4.84. The van der Waals surface area contributed by atoms with Gasteiger partial charge in [0.15, 0.2) is 0 Å². The van der Waals surface area contributed by atoms with Crippen LogP contribution in [0.15, 0.2) is 34.7 Å². The zero-order valence-corrected chi connectivity index (χ0v) is 8.46. The maximum atomic E-state index is 13.1. The number of aryl methyl sites for hydroxylation is 1. The highest BCUT2D eigenvalue weighted by Crippen LogP contribution is 2.25. The van der Waals surface area contributed by atoms with E-state index in [1.165, 1.54) is 12.1 Å². The van der Waals surface area contributed by atoms with E-state index in [2.05, 4.69) is 0 Å². The summed E-state index contributed by atoms with van der Waals surface area (Å²) in [6.07, 6.45) is 0.824. The summed E-state index contributed by atoms with van der Waals surface area (Å²) >= 11 is 0. The first-order valence-corrected chi connectivity index (χ1v) is 4.84. The first-order chi connectivity index (χ1) is 7.19. The molecule has 2 aromatic rings. The van der Waals surface area contributed by atoms with Gasteiger partial charge in [-0.15, -0.1) is 0 Å². The Balaban J connectivity index is 2.44. The minimum Gasteiger partial charge on any atom is -0.461 e. The molecule has 0 saturated heterocycles. The molecule has 0 unspecified atom stereocenters. The van der Waals surface area contributed by atoms with Crippen LogP contribution in [0.25, 0.3) is 11.3 Å². The molecular formula is C12H12FNO. The highest BCUT2D eigenvalue weighted by Gasteiger charge is 2.05. The fourth-order valence-corrected chi connectivity index (χ4v) is 1.48. The van der Waals surface area contributed by atoms with Gasteiger partial charge in [-0.3, -0.25) is 0 Å². The minimum absolute atomic E-state index is 0.348. The van der Waals surface area contributed by atoms with Crippen molar-refractivity contribution in [1.29, 1.82) is 0 Å². The van der Waals surface area contributed by atoms with Crippen molar-refractivity contribution in [3.8, 4) is 11.3 Å². The van der Waals surface area contributed by atoms with E-state index in [9.17, 15) is 4.39 Å². The van der Waals surface area contributed by atoms with Crippen molar-refractivity contribution >= 4 is 5.69 Å². The zero-order chi connectivity index (χ0) is 10.8. The molecule has 2 N–H and O–H groups in total. The van der Waals surface area contributed by atoms with E-state index in [4.69, 9.17) is 10.2 Å². The molecule has 0 bridgehead atoms. The first kappa shape index (κ1) is 9.77. The third-order valence-corrected chi connectivity index (χ3v) is 2.21. The number of benzene rings is 1. The molecule has 0 aliphatic carbocycles. The summed E-state index contributed by atoms with van der Waals surface area (Å²) in [5.74, 6) is 1.19. The Morgan fingerprint density at radius 3 is 2.67 bits per heavy atom. The second-order valence-corrected chi connectivity index (χ2v) is 3.39. The van der Waals surface area contributed by atoms with Crippen molar-refractivity contribution in [3.63, 3.8) is 0 Å². The fourth-order valence-electron chi connectivity index (χ4n) is 1.48. The monoisotopic (exact) mass is 205 g/mol.